The van der Waals surface area contributed by atoms with Crippen LogP contribution in [0.15, 0.2) is 36.4 Å². The van der Waals surface area contributed by atoms with Crippen molar-refractivity contribution in [2.75, 3.05) is 0 Å². The molecule has 0 N–H and O–H groups in total. The molecular formula is C20H12Cl2O7. The number of esters is 2. The Labute approximate surface area is 174 Å². The summed E-state index contributed by atoms with van der Waals surface area (Å²) in [7, 11) is 0. The summed E-state index contributed by atoms with van der Waals surface area (Å²) in [5, 5.41) is 0.718. The fourth-order valence-corrected chi connectivity index (χ4v) is 3.43. The highest BCUT2D eigenvalue weighted by Crippen LogP contribution is 2.32. The molecule has 2 aliphatic heterocycles. The molecule has 0 spiro atoms. The van der Waals surface area contributed by atoms with Gasteiger partial charge in [-0.3, -0.25) is 9.59 Å². The van der Waals surface area contributed by atoms with Crippen molar-refractivity contribution in [1.82, 2.24) is 0 Å². The van der Waals surface area contributed by atoms with E-state index >= 15 is 0 Å². The first kappa shape index (κ1) is 19.4. The van der Waals surface area contributed by atoms with Crippen LogP contribution in [-0.2, 0) is 14.3 Å². The zero-order chi connectivity index (χ0) is 20.7. The molecule has 29 heavy (non-hydrogen) atoms. The van der Waals surface area contributed by atoms with Crippen molar-refractivity contribution in [3.05, 3.63) is 57.6 Å². The smallest absolute Gasteiger partial charge is 0.355 e. The Kier molecular flexibility index (Phi) is 5.02. The summed E-state index contributed by atoms with van der Waals surface area (Å²) in [6.45, 7) is 0. The number of ketones is 2. The molecule has 1 unspecified atom stereocenters. The lowest BCUT2D eigenvalue weighted by molar-refractivity contribution is -0.169. The van der Waals surface area contributed by atoms with E-state index in [2.05, 4.69) is 0 Å². The Hall–Kier alpha value is -2.90. The minimum absolute atomic E-state index is 0.176. The number of benzene rings is 2. The highest BCUT2D eigenvalue weighted by atomic mass is 35.5. The minimum atomic E-state index is -1.29. The molecule has 2 heterocycles. The van der Waals surface area contributed by atoms with Crippen LogP contribution in [0, 0.1) is 0 Å². The fourth-order valence-electron chi connectivity index (χ4n) is 3.09. The molecule has 148 valence electrons. The zero-order valence-electron chi connectivity index (χ0n) is 14.6. The topological polar surface area (TPSA) is 96.0 Å². The van der Waals surface area contributed by atoms with Crippen LogP contribution in [0.4, 0.5) is 0 Å². The number of fused-ring (bicyclic) bond motifs is 2. The lowest BCUT2D eigenvalue weighted by Crippen LogP contribution is -2.41. The summed E-state index contributed by atoms with van der Waals surface area (Å²) in [4.78, 5) is 49.2. The molecule has 2 aromatic carbocycles. The number of rotatable bonds is 2. The summed E-state index contributed by atoms with van der Waals surface area (Å²) in [6, 6.07) is 8.83. The lowest BCUT2D eigenvalue weighted by atomic mass is 10.00. The average molecular weight is 435 g/mol. The van der Waals surface area contributed by atoms with Crippen molar-refractivity contribution in [3.8, 4) is 11.5 Å². The van der Waals surface area contributed by atoms with Gasteiger partial charge in [0.05, 0.1) is 24.0 Å². The van der Waals surface area contributed by atoms with Crippen LogP contribution in [0.2, 0.25) is 10.0 Å². The van der Waals surface area contributed by atoms with E-state index in [0.29, 0.717) is 10.0 Å². The summed E-state index contributed by atoms with van der Waals surface area (Å²) in [5.41, 5.74) is 0.508. The van der Waals surface area contributed by atoms with Gasteiger partial charge >= 0.3 is 11.9 Å². The lowest BCUT2D eigenvalue weighted by Gasteiger charge is -2.26. The second-order valence-corrected chi connectivity index (χ2v) is 7.36. The Morgan fingerprint density at radius 3 is 1.62 bits per heavy atom. The molecule has 7 nitrogen and oxygen atoms in total. The van der Waals surface area contributed by atoms with E-state index in [4.69, 9.17) is 37.4 Å². The van der Waals surface area contributed by atoms with E-state index in [1.807, 2.05) is 0 Å². The van der Waals surface area contributed by atoms with Gasteiger partial charge in [-0.1, -0.05) is 23.2 Å². The van der Waals surface area contributed by atoms with Crippen LogP contribution < -0.4 is 9.47 Å². The number of carbonyl (C=O) groups is 4. The monoisotopic (exact) mass is 434 g/mol. The van der Waals surface area contributed by atoms with Crippen LogP contribution in [0.1, 0.15) is 33.6 Å². The van der Waals surface area contributed by atoms with E-state index in [9.17, 15) is 19.2 Å². The van der Waals surface area contributed by atoms with Gasteiger partial charge in [-0.2, -0.15) is 0 Å². The standard InChI is InChI=1S/C20H12Cl2O7/c21-9-1-3-15-11(5-9)13(23)7-17(27-15)19(25)29-20(26)18-8-14(24)12-6-10(22)2-4-16(12)28-18/h1-6,17-18H,7-8H2/t17-,18?/m1/s1. The van der Waals surface area contributed by atoms with E-state index < -0.39 is 24.1 Å². The molecule has 2 aromatic rings. The molecule has 9 heteroatoms. The second-order valence-electron chi connectivity index (χ2n) is 6.49. The van der Waals surface area contributed by atoms with Crippen LogP contribution in [0.3, 0.4) is 0 Å². The quantitative estimate of drug-likeness (QED) is 0.527. The normalized spacial score (nSPS) is 20.1. The van der Waals surface area contributed by atoms with E-state index in [1.165, 1.54) is 36.4 Å². The van der Waals surface area contributed by atoms with Crippen LogP contribution in [-0.4, -0.2) is 35.7 Å². The summed E-state index contributed by atoms with van der Waals surface area (Å²) < 4.78 is 15.8. The molecule has 2 atom stereocenters. The molecule has 0 aliphatic carbocycles. The van der Waals surface area contributed by atoms with E-state index in [-0.39, 0.29) is 47.0 Å². The first-order chi connectivity index (χ1) is 13.8. The fraction of sp³-hybridized carbons (Fsp3) is 0.200. The molecule has 0 aromatic heterocycles. The van der Waals surface area contributed by atoms with Crippen molar-refractivity contribution in [2.45, 2.75) is 25.0 Å². The Bertz CT molecular complexity index is 979. The van der Waals surface area contributed by atoms with Gasteiger partial charge in [0.15, 0.2) is 11.6 Å². The molecule has 2 aliphatic rings. The Balaban J connectivity index is 1.44. The number of ether oxygens (including phenoxy) is 3. The number of Topliss-reactive ketones (excluding diaryl/α,β-unsaturated/α-hetero) is 2. The van der Waals surface area contributed by atoms with Crippen molar-refractivity contribution in [3.63, 3.8) is 0 Å². The summed E-state index contributed by atoms with van der Waals surface area (Å²) in [6.07, 6.45) is -3.17. The summed E-state index contributed by atoms with van der Waals surface area (Å²) >= 11 is 11.7. The van der Waals surface area contributed by atoms with Gasteiger partial charge in [-0.15, -0.1) is 0 Å². The molecule has 0 fully saturated rings. The SMILES string of the molecule is O=C1CC(C(=O)OC(=O)[C@H]2CC(=O)c3cc(Cl)ccc3O2)Oc2ccc(Cl)cc21. The summed E-state index contributed by atoms with van der Waals surface area (Å²) in [5.74, 6) is -2.45. The molecule has 0 saturated heterocycles. The third-order valence-corrected chi connectivity index (χ3v) is 4.96. The molecule has 0 saturated carbocycles. The van der Waals surface area contributed by atoms with Gasteiger partial charge in [0.1, 0.15) is 11.5 Å². The maximum atomic E-state index is 12.3. The maximum Gasteiger partial charge on any atom is 0.355 e. The predicted octanol–water partition coefficient (Wildman–Crippen LogP) is 3.43. The average Bonchev–Trinajstić information content (AvgIpc) is 2.68. The van der Waals surface area contributed by atoms with Gasteiger partial charge in [0.25, 0.3) is 0 Å². The van der Waals surface area contributed by atoms with Crippen molar-refractivity contribution >= 4 is 46.7 Å². The van der Waals surface area contributed by atoms with E-state index in [0.717, 1.165) is 0 Å². The molecule has 4 rings (SSSR count). The predicted molar refractivity (Wildman–Crippen MR) is 101 cm³/mol. The van der Waals surface area contributed by atoms with Crippen molar-refractivity contribution < 1.29 is 33.4 Å². The van der Waals surface area contributed by atoms with Crippen molar-refractivity contribution in [2.24, 2.45) is 0 Å². The molecule has 0 bridgehead atoms. The van der Waals surface area contributed by atoms with Crippen LogP contribution in [0.5, 0.6) is 11.5 Å². The van der Waals surface area contributed by atoms with E-state index in [1.54, 1.807) is 0 Å². The van der Waals surface area contributed by atoms with Crippen LogP contribution in [0.25, 0.3) is 0 Å². The highest BCUT2D eigenvalue weighted by molar-refractivity contribution is 6.31. The highest BCUT2D eigenvalue weighted by Gasteiger charge is 2.38. The van der Waals surface area contributed by atoms with Gasteiger partial charge in [0, 0.05) is 10.0 Å². The number of halogens is 2. The van der Waals surface area contributed by atoms with Crippen LogP contribution >= 0.6 is 23.2 Å². The minimum Gasteiger partial charge on any atom is -0.477 e. The largest absolute Gasteiger partial charge is 0.477 e. The molecular weight excluding hydrogens is 423 g/mol. The molecule has 0 radical (unpaired) electrons. The first-order valence-electron chi connectivity index (χ1n) is 8.56. The zero-order valence-corrected chi connectivity index (χ0v) is 16.2. The first-order valence-corrected chi connectivity index (χ1v) is 9.32. The second kappa shape index (κ2) is 7.50. The number of hydrogen-bond donors (Lipinski definition) is 0. The van der Waals surface area contributed by atoms with Gasteiger partial charge < -0.3 is 14.2 Å². The third kappa shape index (κ3) is 3.83. The third-order valence-electron chi connectivity index (χ3n) is 4.49. The van der Waals surface area contributed by atoms with Gasteiger partial charge in [-0.05, 0) is 36.4 Å². The Morgan fingerprint density at radius 1 is 0.793 bits per heavy atom. The Morgan fingerprint density at radius 2 is 1.21 bits per heavy atom. The maximum absolute atomic E-state index is 12.3. The van der Waals surface area contributed by atoms with Gasteiger partial charge in [-0.25, -0.2) is 9.59 Å². The van der Waals surface area contributed by atoms with Gasteiger partial charge in [0.2, 0.25) is 12.2 Å². The number of carbonyl (C=O) groups excluding carboxylic acids is 4. The number of hydrogen-bond acceptors (Lipinski definition) is 7. The molecule has 0 amide bonds. The van der Waals surface area contributed by atoms with Crippen molar-refractivity contribution in [1.29, 1.82) is 0 Å².